The fourth-order valence-corrected chi connectivity index (χ4v) is 2.84. The van der Waals surface area contributed by atoms with Gasteiger partial charge < -0.3 is 14.8 Å². The van der Waals surface area contributed by atoms with Crippen molar-refractivity contribution in [3.8, 4) is 11.5 Å². The molecule has 3 rings (SSSR count). The van der Waals surface area contributed by atoms with Crippen molar-refractivity contribution >= 4 is 23.2 Å². The van der Waals surface area contributed by atoms with E-state index in [1.807, 2.05) is 79.7 Å². The number of hydrogen-bond acceptors (Lipinski definition) is 3. The number of methoxy groups -OCH3 is 2. The zero-order valence-corrected chi connectivity index (χ0v) is 16.2. The summed E-state index contributed by atoms with van der Waals surface area (Å²) in [6.45, 7) is 2.03. The number of anilines is 1. The standard InChI is InChI=1S/C24H23NO3/c1-17-9-11-18(12-10-17)15-22(24(26)25-19-7-5-4-6-8-19)21-14-13-20(27-2)16-23(21)28-3/h4-16H,1-3H3,(H,25,26)/b22-15+. The Balaban J connectivity index is 2.06. The number of rotatable bonds is 6. The van der Waals surface area contributed by atoms with Crippen LogP contribution >= 0.6 is 0 Å². The summed E-state index contributed by atoms with van der Waals surface area (Å²) in [5.41, 5.74) is 4.02. The predicted molar refractivity (Wildman–Crippen MR) is 114 cm³/mol. The Morgan fingerprint density at radius 1 is 0.893 bits per heavy atom. The second-order valence-electron chi connectivity index (χ2n) is 6.36. The molecule has 4 nitrogen and oxygen atoms in total. The molecule has 0 aromatic heterocycles. The van der Waals surface area contributed by atoms with Crippen LogP contribution in [0, 0.1) is 6.92 Å². The fraction of sp³-hybridized carbons (Fsp3) is 0.125. The molecule has 4 heteroatoms. The number of para-hydroxylation sites is 1. The van der Waals surface area contributed by atoms with E-state index in [1.165, 1.54) is 0 Å². The largest absolute Gasteiger partial charge is 0.497 e. The summed E-state index contributed by atoms with van der Waals surface area (Å²) >= 11 is 0. The molecular weight excluding hydrogens is 350 g/mol. The van der Waals surface area contributed by atoms with E-state index in [0.717, 1.165) is 16.8 Å². The van der Waals surface area contributed by atoms with Gasteiger partial charge in [0.1, 0.15) is 11.5 Å². The van der Waals surface area contributed by atoms with Gasteiger partial charge in [-0.3, -0.25) is 4.79 Å². The van der Waals surface area contributed by atoms with Crippen molar-refractivity contribution in [3.05, 3.63) is 89.5 Å². The summed E-state index contributed by atoms with van der Waals surface area (Å²) in [6, 6.07) is 22.8. The number of carbonyl (C=O) groups excluding carboxylic acids is 1. The number of aryl methyl sites for hydroxylation is 1. The summed E-state index contributed by atoms with van der Waals surface area (Å²) in [6.07, 6.45) is 1.86. The average Bonchev–Trinajstić information content (AvgIpc) is 2.73. The smallest absolute Gasteiger partial charge is 0.256 e. The average molecular weight is 373 g/mol. The van der Waals surface area contributed by atoms with E-state index >= 15 is 0 Å². The Hall–Kier alpha value is -3.53. The third-order valence-electron chi connectivity index (χ3n) is 4.36. The molecule has 0 radical (unpaired) electrons. The highest BCUT2D eigenvalue weighted by Crippen LogP contribution is 2.32. The maximum Gasteiger partial charge on any atom is 0.256 e. The van der Waals surface area contributed by atoms with E-state index in [0.29, 0.717) is 22.6 Å². The maximum absolute atomic E-state index is 13.1. The number of hydrogen-bond donors (Lipinski definition) is 1. The molecular formula is C24H23NO3. The lowest BCUT2D eigenvalue weighted by atomic mass is 10.00. The number of benzene rings is 3. The summed E-state index contributed by atoms with van der Waals surface area (Å²) in [5, 5.41) is 2.96. The number of carbonyl (C=O) groups is 1. The quantitative estimate of drug-likeness (QED) is 0.478. The summed E-state index contributed by atoms with van der Waals surface area (Å²) in [5.74, 6) is 1.02. The minimum Gasteiger partial charge on any atom is -0.497 e. The highest BCUT2D eigenvalue weighted by atomic mass is 16.5. The summed E-state index contributed by atoms with van der Waals surface area (Å²) < 4.78 is 10.8. The molecule has 0 fully saturated rings. The molecule has 0 heterocycles. The van der Waals surface area contributed by atoms with Crippen LogP contribution in [0.15, 0.2) is 72.8 Å². The number of nitrogens with one attached hydrogen (secondary N) is 1. The first-order valence-corrected chi connectivity index (χ1v) is 8.98. The zero-order valence-electron chi connectivity index (χ0n) is 16.2. The van der Waals surface area contributed by atoms with Crippen molar-refractivity contribution < 1.29 is 14.3 Å². The molecule has 3 aromatic carbocycles. The third kappa shape index (κ3) is 4.60. The van der Waals surface area contributed by atoms with Crippen molar-refractivity contribution in [2.45, 2.75) is 6.92 Å². The SMILES string of the molecule is COc1ccc(/C(=C\c2ccc(C)cc2)C(=O)Nc2ccccc2)c(OC)c1. The second-order valence-corrected chi connectivity index (χ2v) is 6.36. The first-order chi connectivity index (χ1) is 13.6. The van der Waals surface area contributed by atoms with Gasteiger partial charge in [0.05, 0.1) is 19.8 Å². The van der Waals surface area contributed by atoms with Gasteiger partial charge in [-0.1, -0.05) is 48.0 Å². The van der Waals surface area contributed by atoms with Crippen LogP contribution in [0.1, 0.15) is 16.7 Å². The Labute approximate surface area is 165 Å². The van der Waals surface area contributed by atoms with Crippen LogP contribution < -0.4 is 14.8 Å². The van der Waals surface area contributed by atoms with Gasteiger partial charge >= 0.3 is 0 Å². The van der Waals surface area contributed by atoms with E-state index in [4.69, 9.17) is 9.47 Å². The van der Waals surface area contributed by atoms with Gasteiger partial charge in [0, 0.05) is 17.3 Å². The van der Waals surface area contributed by atoms with Crippen LogP contribution in [0.5, 0.6) is 11.5 Å². The molecule has 0 aliphatic carbocycles. The van der Waals surface area contributed by atoms with Gasteiger partial charge in [-0.05, 0) is 42.8 Å². The molecule has 1 N–H and O–H groups in total. The van der Waals surface area contributed by atoms with Gasteiger partial charge in [-0.25, -0.2) is 0 Å². The molecule has 3 aromatic rings. The first kappa shape index (κ1) is 19.2. The Bertz CT molecular complexity index is 976. The van der Waals surface area contributed by atoms with Crippen molar-refractivity contribution in [1.82, 2.24) is 0 Å². The monoisotopic (exact) mass is 373 g/mol. The van der Waals surface area contributed by atoms with E-state index in [2.05, 4.69) is 5.32 Å². The Kier molecular flexibility index (Phi) is 6.12. The van der Waals surface area contributed by atoms with Crippen LogP contribution in [0.25, 0.3) is 11.6 Å². The van der Waals surface area contributed by atoms with Crippen molar-refractivity contribution in [1.29, 1.82) is 0 Å². The van der Waals surface area contributed by atoms with Gasteiger partial charge in [-0.15, -0.1) is 0 Å². The zero-order chi connectivity index (χ0) is 19.9. The minimum absolute atomic E-state index is 0.213. The van der Waals surface area contributed by atoms with Crippen molar-refractivity contribution in [2.75, 3.05) is 19.5 Å². The molecule has 0 aliphatic rings. The van der Waals surface area contributed by atoms with Crippen LogP contribution in [-0.4, -0.2) is 20.1 Å². The van der Waals surface area contributed by atoms with Gasteiger partial charge in [0.25, 0.3) is 5.91 Å². The van der Waals surface area contributed by atoms with Crippen LogP contribution in [-0.2, 0) is 4.79 Å². The Morgan fingerprint density at radius 3 is 2.25 bits per heavy atom. The molecule has 0 spiro atoms. The molecule has 28 heavy (non-hydrogen) atoms. The first-order valence-electron chi connectivity index (χ1n) is 8.98. The van der Waals surface area contributed by atoms with Crippen LogP contribution in [0.4, 0.5) is 5.69 Å². The summed E-state index contributed by atoms with van der Waals surface area (Å²) in [4.78, 5) is 13.1. The van der Waals surface area contributed by atoms with E-state index in [1.54, 1.807) is 20.3 Å². The fourth-order valence-electron chi connectivity index (χ4n) is 2.84. The topological polar surface area (TPSA) is 47.6 Å². The normalized spacial score (nSPS) is 11.0. The second kappa shape index (κ2) is 8.91. The number of ether oxygens (including phenoxy) is 2. The lowest BCUT2D eigenvalue weighted by Gasteiger charge is -2.14. The lowest BCUT2D eigenvalue weighted by Crippen LogP contribution is -2.14. The molecule has 0 saturated carbocycles. The van der Waals surface area contributed by atoms with E-state index in [-0.39, 0.29) is 5.91 Å². The predicted octanol–water partition coefficient (Wildman–Crippen LogP) is 5.19. The molecule has 1 amide bonds. The van der Waals surface area contributed by atoms with Crippen LogP contribution in [0.2, 0.25) is 0 Å². The van der Waals surface area contributed by atoms with Crippen molar-refractivity contribution in [3.63, 3.8) is 0 Å². The maximum atomic E-state index is 13.1. The molecule has 0 bridgehead atoms. The molecule has 0 aliphatic heterocycles. The highest BCUT2D eigenvalue weighted by molar-refractivity contribution is 6.29. The van der Waals surface area contributed by atoms with Crippen LogP contribution in [0.3, 0.4) is 0 Å². The summed E-state index contributed by atoms with van der Waals surface area (Å²) in [7, 11) is 3.18. The third-order valence-corrected chi connectivity index (χ3v) is 4.36. The van der Waals surface area contributed by atoms with Crippen molar-refractivity contribution in [2.24, 2.45) is 0 Å². The molecule has 0 saturated heterocycles. The highest BCUT2D eigenvalue weighted by Gasteiger charge is 2.17. The van der Waals surface area contributed by atoms with E-state index < -0.39 is 0 Å². The van der Waals surface area contributed by atoms with Gasteiger partial charge in [0.15, 0.2) is 0 Å². The minimum atomic E-state index is -0.213. The lowest BCUT2D eigenvalue weighted by molar-refractivity contribution is -0.111. The van der Waals surface area contributed by atoms with Gasteiger partial charge in [-0.2, -0.15) is 0 Å². The molecule has 0 unspecified atom stereocenters. The van der Waals surface area contributed by atoms with E-state index in [9.17, 15) is 4.79 Å². The Morgan fingerprint density at radius 2 is 1.61 bits per heavy atom. The molecule has 0 atom stereocenters. The van der Waals surface area contributed by atoms with Gasteiger partial charge in [0.2, 0.25) is 0 Å². The molecule has 142 valence electrons. The number of amides is 1.